The van der Waals surface area contributed by atoms with Gasteiger partial charge in [0.2, 0.25) is 0 Å². The van der Waals surface area contributed by atoms with Gasteiger partial charge in [0.15, 0.2) is 5.78 Å². The van der Waals surface area contributed by atoms with Gasteiger partial charge in [-0.1, -0.05) is 0 Å². The van der Waals surface area contributed by atoms with E-state index in [1.165, 1.54) is 31.6 Å². The Labute approximate surface area is 184 Å². The van der Waals surface area contributed by atoms with Gasteiger partial charge in [-0.15, -0.1) is 0 Å². The van der Waals surface area contributed by atoms with Crippen molar-refractivity contribution in [3.05, 3.63) is 65.1 Å². The third-order valence-corrected chi connectivity index (χ3v) is 5.38. The number of ketones is 1. The van der Waals surface area contributed by atoms with Crippen LogP contribution in [0.4, 0.5) is 0 Å². The van der Waals surface area contributed by atoms with E-state index in [0.717, 1.165) is 12.8 Å². The van der Waals surface area contributed by atoms with Crippen molar-refractivity contribution in [2.24, 2.45) is 5.92 Å². The lowest BCUT2D eigenvalue weighted by atomic mass is 10.0. The first-order valence-electron chi connectivity index (χ1n) is 10.1. The molecule has 0 bridgehead atoms. The minimum Gasteiger partial charge on any atom is -0.507 e. The normalized spacial score (nSPS) is 12.9. The Balaban J connectivity index is 1.56. The molecular formula is C24H22N2O6. The number of carbonyl (C=O) groups excluding carboxylic acids is 1. The molecule has 0 unspecified atom stereocenters. The number of aromatic hydroxyl groups is 1. The van der Waals surface area contributed by atoms with Crippen molar-refractivity contribution < 1.29 is 29.3 Å². The average molecular weight is 434 g/mol. The maximum absolute atomic E-state index is 12.3. The second-order valence-electron chi connectivity index (χ2n) is 7.63. The molecule has 1 heterocycles. The van der Waals surface area contributed by atoms with Gasteiger partial charge in [-0.3, -0.25) is 9.78 Å². The monoisotopic (exact) mass is 434 g/mol. The van der Waals surface area contributed by atoms with Crippen LogP contribution in [0.2, 0.25) is 0 Å². The summed E-state index contributed by atoms with van der Waals surface area (Å²) in [5.41, 5.74) is 2.36. The Bertz CT molecular complexity index is 1200. The fourth-order valence-corrected chi connectivity index (χ4v) is 3.40. The van der Waals surface area contributed by atoms with E-state index in [4.69, 9.17) is 9.47 Å². The number of carboxylic acids is 1. The zero-order valence-electron chi connectivity index (χ0n) is 17.7. The number of ether oxygens (including phenoxy) is 2. The number of benzene rings is 2. The molecule has 0 aliphatic heterocycles. The zero-order chi connectivity index (χ0) is 22.8. The molecule has 0 radical (unpaired) electrons. The predicted molar refractivity (Wildman–Crippen MR) is 115 cm³/mol. The van der Waals surface area contributed by atoms with Crippen molar-refractivity contribution in [1.82, 2.24) is 9.97 Å². The smallest absolute Gasteiger partial charge is 0.335 e. The molecule has 164 valence electrons. The predicted octanol–water partition coefficient (Wildman–Crippen LogP) is 4.04. The Morgan fingerprint density at radius 1 is 1.12 bits per heavy atom. The molecule has 0 spiro atoms. The zero-order valence-corrected chi connectivity index (χ0v) is 17.7. The molecule has 0 atom stereocenters. The number of hydrogen-bond donors (Lipinski definition) is 2. The molecule has 1 saturated carbocycles. The van der Waals surface area contributed by atoms with Crippen LogP contribution in [-0.2, 0) is 6.61 Å². The van der Waals surface area contributed by atoms with Crippen LogP contribution in [0.25, 0.3) is 11.3 Å². The van der Waals surface area contributed by atoms with Crippen LogP contribution in [0.1, 0.15) is 44.8 Å². The van der Waals surface area contributed by atoms with Crippen LogP contribution >= 0.6 is 0 Å². The van der Waals surface area contributed by atoms with E-state index in [9.17, 15) is 19.8 Å². The van der Waals surface area contributed by atoms with Gasteiger partial charge in [-0.05, 0) is 50.1 Å². The van der Waals surface area contributed by atoms with Gasteiger partial charge in [0.1, 0.15) is 23.9 Å². The van der Waals surface area contributed by atoms with Crippen molar-refractivity contribution in [2.75, 3.05) is 7.11 Å². The number of rotatable bonds is 8. The summed E-state index contributed by atoms with van der Waals surface area (Å²) >= 11 is 0. The number of Topliss-reactive ketones (excluding diaryl/α,β-unsaturated/α-hetero) is 1. The molecule has 32 heavy (non-hydrogen) atoms. The third kappa shape index (κ3) is 4.25. The van der Waals surface area contributed by atoms with Crippen molar-refractivity contribution in [1.29, 1.82) is 0 Å². The molecule has 1 aliphatic rings. The van der Waals surface area contributed by atoms with E-state index >= 15 is 0 Å². The van der Waals surface area contributed by atoms with E-state index in [2.05, 4.69) is 9.97 Å². The lowest BCUT2D eigenvalue weighted by Crippen LogP contribution is -2.05. The van der Waals surface area contributed by atoms with E-state index in [0.29, 0.717) is 39.6 Å². The van der Waals surface area contributed by atoms with Crippen LogP contribution in [0, 0.1) is 12.8 Å². The highest BCUT2D eigenvalue weighted by Gasteiger charge is 2.32. The van der Waals surface area contributed by atoms with Gasteiger partial charge in [-0.25, -0.2) is 9.78 Å². The standard InChI is InChI=1S/C24H22N2O6/c1-13-20(8-6-17(22(13)27)23(28)14-3-4-14)32-12-16-10-25-11-19(26-16)18-9-15(24(29)30)5-7-21(18)31-2/h5-11,14,27H,3-4,12H2,1-2H3,(H,29,30). The first-order chi connectivity index (χ1) is 15.4. The fourth-order valence-electron chi connectivity index (χ4n) is 3.40. The SMILES string of the molecule is COc1ccc(C(=O)O)cc1-c1cncc(COc2ccc(C(=O)C3CC3)c(O)c2C)n1. The highest BCUT2D eigenvalue weighted by Crippen LogP contribution is 2.38. The number of nitrogens with zero attached hydrogens (tertiary/aromatic N) is 2. The molecule has 3 aromatic rings. The van der Waals surface area contributed by atoms with Gasteiger partial charge in [0, 0.05) is 17.0 Å². The van der Waals surface area contributed by atoms with Gasteiger partial charge in [-0.2, -0.15) is 0 Å². The molecule has 4 rings (SSSR count). The second-order valence-corrected chi connectivity index (χ2v) is 7.63. The van der Waals surface area contributed by atoms with Crippen LogP contribution in [0.3, 0.4) is 0 Å². The lowest BCUT2D eigenvalue weighted by molar-refractivity contribution is 0.0696. The minimum atomic E-state index is -1.06. The quantitative estimate of drug-likeness (QED) is 0.510. The van der Waals surface area contributed by atoms with E-state index < -0.39 is 5.97 Å². The molecule has 8 nitrogen and oxygen atoms in total. The number of hydrogen-bond acceptors (Lipinski definition) is 7. The van der Waals surface area contributed by atoms with Crippen LogP contribution in [-0.4, -0.2) is 39.0 Å². The van der Waals surface area contributed by atoms with Crippen molar-refractivity contribution >= 4 is 11.8 Å². The molecule has 2 aromatic carbocycles. The summed E-state index contributed by atoms with van der Waals surface area (Å²) in [6, 6.07) is 7.76. The van der Waals surface area contributed by atoms with Crippen molar-refractivity contribution in [2.45, 2.75) is 26.4 Å². The van der Waals surface area contributed by atoms with Crippen LogP contribution in [0.15, 0.2) is 42.7 Å². The second kappa shape index (κ2) is 8.66. The molecular weight excluding hydrogens is 412 g/mol. The number of carbonyl (C=O) groups is 2. The summed E-state index contributed by atoms with van der Waals surface area (Å²) in [6.45, 7) is 1.76. The number of methoxy groups -OCH3 is 1. The third-order valence-electron chi connectivity index (χ3n) is 5.38. The number of aromatic nitrogens is 2. The Morgan fingerprint density at radius 2 is 1.88 bits per heavy atom. The summed E-state index contributed by atoms with van der Waals surface area (Å²) < 4.78 is 11.2. The summed E-state index contributed by atoms with van der Waals surface area (Å²) in [7, 11) is 1.49. The number of aromatic carboxylic acids is 1. The first kappa shape index (κ1) is 21.3. The molecule has 1 aromatic heterocycles. The summed E-state index contributed by atoms with van der Waals surface area (Å²) in [6.07, 6.45) is 4.79. The van der Waals surface area contributed by atoms with Gasteiger partial charge in [0.25, 0.3) is 0 Å². The largest absolute Gasteiger partial charge is 0.507 e. The summed E-state index contributed by atoms with van der Waals surface area (Å²) in [4.78, 5) is 32.3. The van der Waals surface area contributed by atoms with E-state index in [1.54, 1.807) is 25.1 Å². The Kier molecular flexibility index (Phi) is 5.77. The molecule has 0 saturated heterocycles. The maximum Gasteiger partial charge on any atom is 0.335 e. The van der Waals surface area contributed by atoms with Crippen molar-refractivity contribution in [3.63, 3.8) is 0 Å². The molecule has 1 fully saturated rings. The van der Waals surface area contributed by atoms with Gasteiger partial charge < -0.3 is 19.7 Å². The summed E-state index contributed by atoms with van der Waals surface area (Å²) in [5.74, 6) is -0.226. The van der Waals surface area contributed by atoms with Crippen LogP contribution < -0.4 is 9.47 Å². The first-order valence-corrected chi connectivity index (χ1v) is 10.1. The van der Waals surface area contributed by atoms with E-state index in [1.807, 2.05) is 0 Å². The minimum absolute atomic E-state index is 0.0155. The molecule has 2 N–H and O–H groups in total. The van der Waals surface area contributed by atoms with Crippen molar-refractivity contribution in [3.8, 4) is 28.5 Å². The molecule has 1 aliphatic carbocycles. The van der Waals surface area contributed by atoms with Crippen LogP contribution in [0.5, 0.6) is 17.2 Å². The Hall–Kier alpha value is -3.94. The number of phenols is 1. The number of phenolic OH excluding ortho intramolecular Hbond substituents is 1. The average Bonchev–Trinajstić information content (AvgIpc) is 3.65. The molecule has 0 amide bonds. The summed E-state index contributed by atoms with van der Waals surface area (Å²) in [5, 5.41) is 19.7. The van der Waals surface area contributed by atoms with Gasteiger partial charge >= 0.3 is 5.97 Å². The number of carboxylic acid groups (broad SMARTS) is 1. The topological polar surface area (TPSA) is 119 Å². The highest BCUT2D eigenvalue weighted by atomic mass is 16.5. The maximum atomic E-state index is 12.3. The lowest BCUT2D eigenvalue weighted by Gasteiger charge is -2.13. The fraction of sp³-hybridized carbons (Fsp3) is 0.250. The highest BCUT2D eigenvalue weighted by molar-refractivity contribution is 6.02. The Morgan fingerprint density at radius 3 is 2.56 bits per heavy atom. The van der Waals surface area contributed by atoms with E-state index in [-0.39, 0.29) is 29.6 Å². The molecule has 8 heteroatoms. The van der Waals surface area contributed by atoms with Gasteiger partial charge in [0.05, 0.1) is 42.0 Å².